The maximum Gasteiger partial charge on any atom is 0.0590 e. The summed E-state index contributed by atoms with van der Waals surface area (Å²) in [6.45, 7) is 13.6. The summed E-state index contributed by atoms with van der Waals surface area (Å²) < 4.78 is 0. The van der Waals surface area contributed by atoms with Crippen molar-refractivity contribution in [3.63, 3.8) is 0 Å². The Kier molecular flexibility index (Phi) is 7.01. The molecule has 38 heavy (non-hydrogen) atoms. The summed E-state index contributed by atoms with van der Waals surface area (Å²) in [7, 11) is 0. The van der Waals surface area contributed by atoms with Crippen LogP contribution in [-0.2, 0) is 16.2 Å². The second kappa shape index (κ2) is 10.1. The van der Waals surface area contributed by atoms with E-state index in [9.17, 15) is 0 Å². The fraction of sp³-hybridized carbons (Fsp3) is 0.243. The van der Waals surface area contributed by atoms with Gasteiger partial charge in [0, 0.05) is 9.81 Å². The van der Waals surface area contributed by atoms with Crippen LogP contribution < -0.4 is 0 Å². The number of hydrogen-bond donors (Lipinski definition) is 0. The van der Waals surface area contributed by atoms with E-state index in [-0.39, 0.29) is 16.2 Å². The summed E-state index contributed by atoms with van der Waals surface area (Å²) in [6.07, 6.45) is 4.95. The summed E-state index contributed by atoms with van der Waals surface area (Å²) in [4.78, 5) is 2.58. The normalized spacial score (nSPS) is 15.5. The third-order valence-corrected chi connectivity index (χ3v) is 8.66. The predicted molar refractivity (Wildman–Crippen MR) is 167 cm³/mol. The Morgan fingerprint density at radius 2 is 0.789 bits per heavy atom. The first-order chi connectivity index (χ1) is 18.1. The molecule has 1 heterocycles. The summed E-state index contributed by atoms with van der Waals surface area (Å²) in [5.41, 5.74) is 7.67. The van der Waals surface area contributed by atoms with E-state index in [0.717, 1.165) is 0 Å². The molecule has 0 aromatic heterocycles. The molecule has 0 bridgehead atoms. The zero-order valence-corrected chi connectivity index (χ0v) is 24.3. The summed E-state index contributed by atoms with van der Waals surface area (Å²) in [6, 6.07) is 40.2. The van der Waals surface area contributed by atoms with Crippen LogP contribution in [0.2, 0.25) is 0 Å². The highest BCUT2D eigenvalue weighted by Crippen LogP contribution is 2.51. The quantitative estimate of drug-likeness (QED) is 0.261. The molecular formula is C37H38S. The Bertz CT molecular complexity index is 1330. The van der Waals surface area contributed by atoms with E-state index in [0.29, 0.717) is 0 Å². The standard InChI is InChI=1S/C37H38S/c1-35(2,3)29-21-17-27(18-22-29)33-25-37(31-13-9-7-10-14-31,32-15-11-8-12-16-32)26-34(38-33)28-19-23-30(24-20-28)36(4,5)6/h7-26H,1-6H3. The molecule has 0 radical (unpaired) electrons. The van der Waals surface area contributed by atoms with Crippen molar-refractivity contribution in [2.75, 3.05) is 0 Å². The van der Waals surface area contributed by atoms with Gasteiger partial charge in [-0.05, 0) is 44.2 Å². The molecule has 0 amide bonds. The van der Waals surface area contributed by atoms with Crippen molar-refractivity contribution in [1.29, 1.82) is 0 Å². The maximum absolute atomic E-state index is 2.47. The van der Waals surface area contributed by atoms with Crippen LogP contribution in [0.25, 0.3) is 9.81 Å². The minimum Gasteiger partial charge on any atom is -0.0894 e. The largest absolute Gasteiger partial charge is 0.0894 e. The zero-order chi connectivity index (χ0) is 27.0. The molecular weight excluding hydrogens is 476 g/mol. The molecule has 4 aromatic rings. The van der Waals surface area contributed by atoms with Crippen molar-refractivity contribution in [2.45, 2.75) is 57.8 Å². The first-order valence-corrected chi connectivity index (χ1v) is 14.3. The Morgan fingerprint density at radius 1 is 0.447 bits per heavy atom. The molecule has 1 aliphatic rings. The molecule has 5 rings (SSSR count). The number of allylic oxidation sites excluding steroid dienone is 2. The number of hydrogen-bond acceptors (Lipinski definition) is 1. The number of benzene rings is 4. The van der Waals surface area contributed by atoms with Gasteiger partial charge in [0.2, 0.25) is 0 Å². The van der Waals surface area contributed by atoms with Gasteiger partial charge in [-0.1, -0.05) is 175 Å². The minimum absolute atomic E-state index is 0.129. The van der Waals surface area contributed by atoms with Gasteiger partial charge in [-0.25, -0.2) is 0 Å². The Morgan fingerprint density at radius 3 is 1.11 bits per heavy atom. The van der Waals surface area contributed by atoms with Crippen LogP contribution in [0, 0.1) is 0 Å². The second-order valence-electron chi connectivity index (χ2n) is 12.4. The fourth-order valence-corrected chi connectivity index (χ4v) is 6.35. The lowest BCUT2D eigenvalue weighted by Crippen LogP contribution is -2.25. The third kappa shape index (κ3) is 5.31. The van der Waals surface area contributed by atoms with Crippen LogP contribution in [0.5, 0.6) is 0 Å². The van der Waals surface area contributed by atoms with Crippen molar-refractivity contribution in [2.24, 2.45) is 0 Å². The molecule has 0 spiro atoms. The Balaban J connectivity index is 1.71. The van der Waals surface area contributed by atoms with Crippen LogP contribution in [0.1, 0.15) is 74.9 Å². The van der Waals surface area contributed by atoms with Gasteiger partial charge in [-0.3, -0.25) is 0 Å². The lowest BCUT2D eigenvalue weighted by atomic mass is 9.73. The van der Waals surface area contributed by atoms with Gasteiger partial charge in [-0.15, -0.1) is 0 Å². The molecule has 0 unspecified atom stereocenters. The zero-order valence-electron chi connectivity index (χ0n) is 23.5. The monoisotopic (exact) mass is 514 g/mol. The molecule has 0 fully saturated rings. The topological polar surface area (TPSA) is 0 Å². The lowest BCUT2D eigenvalue weighted by Gasteiger charge is -2.35. The summed E-state index contributed by atoms with van der Waals surface area (Å²) in [5, 5.41) is 0. The van der Waals surface area contributed by atoms with Crippen molar-refractivity contribution in [3.05, 3.63) is 155 Å². The highest BCUT2D eigenvalue weighted by Gasteiger charge is 2.35. The smallest absolute Gasteiger partial charge is 0.0590 e. The van der Waals surface area contributed by atoms with Gasteiger partial charge in [0.25, 0.3) is 0 Å². The van der Waals surface area contributed by atoms with Crippen molar-refractivity contribution in [1.82, 2.24) is 0 Å². The van der Waals surface area contributed by atoms with Gasteiger partial charge in [0.05, 0.1) is 5.41 Å². The molecule has 0 nitrogen and oxygen atoms in total. The highest BCUT2D eigenvalue weighted by molar-refractivity contribution is 8.16. The molecule has 1 aliphatic heterocycles. The van der Waals surface area contributed by atoms with E-state index < -0.39 is 0 Å². The van der Waals surface area contributed by atoms with Crippen LogP contribution in [0.3, 0.4) is 0 Å². The third-order valence-electron chi connectivity index (χ3n) is 7.51. The first kappa shape index (κ1) is 26.3. The average molecular weight is 515 g/mol. The summed E-state index contributed by atoms with van der Waals surface area (Å²) in [5.74, 6) is 0. The highest BCUT2D eigenvalue weighted by atomic mass is 32.2. The van der Waals surface area contributed by atoms with E-state index in [1.165, 1.54) is 43.2 Å². The number of rotatable bonds is 4. The molecule has 0 N–H and O–H groups in total. The van der Waals surface area contributed by atoms with Gasteiger partial charge in [-0.2, -0.15) is 0 Å². The molecule has 1 heteroatoms. The van der Waals surface area contributed by atoms with Crippen LogP contribution >= 0.6 is 11.8 Å². The van der Waals surface area contributed by atoms with Crippen molar-refractivity contribution in [3.8, 4) is 0 Å². The maximum atomic E-state index is 2.47. The van der Waals surface area contributed by atoms with Crippen molar-refractivity contribution < 1.29 is 0 Å². The van der Waals surface area contributed by atoms with Gasteiger partial charge < -0.3 is 0 Å². The molecule has 192 valence electrons. The van der Waals surface area contributed by atoms with Gasteiger partial charge in [0.15, 0.2) is 0 Å². The fourth-order valence-electron chi connectivity index (χ4n) is 5.11. The second-order valence-corrected chi connectivity index (χ2v) is 13.5. The van der Waals surface area contributed by atoms with Crippen LogP contribution in [0.15, 0.2) is 121 Å². The van der Waals surface area contributed by atoms with Crippen molar-refractivity contribution >= 4 is 21.6 Å². The predicted octanol–water partition coefficient (Wildman–Crippen LogP) is 10.4. The van der Waals surface area contributed by atoms with E-state index in [1.54, 1.807) is 0 Å². The Labute approximate surface area is 233 Å². The van der Waals surface area contributed by atoms with E-state index in [1.807, 2.05) is 11.8 Å². The van der Waals surface area contributed by atoms with Gasteiger partial charge >= 0.3 is 0 Å². The molecule has 0 saturated carbocycles. The van der Waals surface area contributed by atoms with E-state index >= 15 is 0 Å². The average Bonchev–Trinajstić information content (AvgIpc) is 2.93. The minimum atomic E-state index is -0.371. The molecule has 4 aromatic carbocycles. The van der Waals surface area contributed by atoms with Crippen LogP contribution in [0.4, 0.5) is 0 Å². The molecule has 0 saturated heterocycles. The first-order valence-electron chi connectivity index (χ1n) is 13.5. The number of thioether (sulfide) groups is 1. The van der Waals surface area contributed by atoms with Gasteiger partial charge in [0.1, 0.15) is 0 Å². The Hall–Kier alpha value is -3.29. The van der Waals surface area contributed by atoms with Crippen LogP contribution in [-0.4, -0.2) is 0 Å². The summed E-state index contributed by atoms with van der Waals surface area (Å²) >= 11 is 1.88. The lowest BCUT2D eigenvalue weighted by molar-refractivity contribution is 0.590. The van der Waals surface area contributed by atoms with E-state index in [2.05, 4.69) is 163 Å². The SMILES string of the molecule is CC(C)(C)c1ccc(C2=CC(c3ccccc3)(c3ccccc3)C=C(c3ccc(C(C)(C)C)cc3)S2)cc1. The van der Waals surface area contributed by atoms with E-state index in [4.69, 9.17) is 0 Å². The molecule has 0 aliphatic carbocycles. The molecule has 0 atom stereocenters.